The first-order chi connectivity index (χ1) is 9.63. The van der Waals surface area contributed by atoms with Crippen LogP contribution in [0.1, 0.15) is 5.56 Å². The molecule has 0 saturated carbocycles. The van der Waals surface area contributed by atoms with Gasteiger partial charge in [-0.25, -0.2) is 0 Å². The van der Waals surface area contributed by atoms with Crippen LogP contribution in [0.15, 0.2) is 30.3 Å². The topological polar surface area (TPSA) is 99.4 Å². The Bertz CT molecular complexity index is 396. The van der Waals surface area contributed by atoms with Crippen LogP contribution in [-0.4, -0.2) is 64.3 Å². The minimum Gasteiger partial charge on any atom is -0.394 e. The van der Waals surface area contributed by atoms with E-state index in [9.17, 15) is 15.3 Å². The standard InChI is InChI=1S/C14H20O6/c15-8-10-11(16)12(17)13(18)14(20-10)19-7-6-9-4-2-1-3-5-9/h1-5,10-18H,6-8H2/t10-,11-,12+,13-,14-/m1/s1. The van der Waals surface area contributed by atoms with Crippen molar-refractivity contribution in [1.82, 2.24) is 0 Å². The van der Waals surface area contributed by atoms with E-state index in [1.54, 1.807) is 0 Å². The highest BCUT2D eigenvalue weighted by atomic mass is 16.7. The molecule has 4 N–H and O–H groups in total. The van der Waals surface area contributed by atoms with Crippen molar-refractivity contribution in [2.75, 3.05) is 13.2 Å². The summed E-state index contributed by atoms with van der Waals surface area (Å²) in [7, 11) is 0. The molecule has 6 heteroatoms. The molecular weight excluding hydrogens is 264 g/mol. The van der Waals surface area contributed by atoms with E-state index < -0.39 is 37.3 Å². The summed E-state index contributed by atoms with van der Waals surface area (Å²) in [5.74, 6) is 0. The second-order valence-corrected chi connectivity index (χ2v) is 4.80. The zero-order chi connectivity index (χ0) is 14.5. The van der Waals surface area contributed by atoms with Crippen molar-refractivity contribution >= 4 is 0 Å². The van der Waals surface area contributed by atoms with Gasteiger partial charge in [-0.1, -0.05) is 30.3 Å². The fourth-order valence-corrected chi connectivity index (χ4v) is 2.14. The highest BCUT2D eigenvalue weighted by molar-refractivity contribution is 5.14. The Hall–Kier alpha value is -1.02. The van der Waals surface area contributed by atoms with E-state index in [1.807, 2.05) is 30.3 Å². The summed E-state index contributed by atoms with van der Waals surface area (Å²) in [5.41, 5.74) is 1.08. The Kier molecular flexibility index (Phi) is 5.47. The third kappa shape index (κ3) is 3.54. The normalized spacial score (nSPS) is 34.1. The van der Waals surface area contributed by atoms with Crippen LogP contribution in [0.5, 0.6) is 0 Å². The lowest BCUT2D eigenvalue weighted by Crippen LogP contribution is -2.59. The molecule has 1 fully saturated rings. The summed E-state index contributed by atoms with van der Waals surface area (Å²) in [4.78, 5) is 0. The van der Waals surface area contributed by atoms with Crippen LogP contribution in [-0.2, 0) is 15.9 Å². The van der Waals surface area contributed by atoms with Crippen molar-refractivity contribution in [3.8, 4) is 0 Å². The molecule has 1 aromatic carbocycles. The Morgan fingerprint density at radius 1 is 1.00 bits per heavy atom. The molecule has 0 unspecified atom stereocenters. The van der Waals surface area contributed by atoms with E-state index in [0.29, 0.717) is 13.0 Å². The van der Waals surface area contributed by atoms with Crippen LogP contribution in [0.4, 0.5) is 0 Å². The average Bonchev–Trinajstić information content (AvgIpc) is 2.48. The van der Waals surface area contributed by atoms with Crippen molar-refractivity contribution in [2.24, 2.45) is 0 Å². The van der Waals surface area contributed by atoms with E-state index in [1.165, 1.54) is 0 Å². The van der Waals surface area contributed by atoms with Gasteiger partial charge in [-0.15, -0.1) is 0 Å². The van der Waals surface area contributed by atoms with Crippen LogP contribution in [0, 0.1) is 0 Å². The van der Waals surface area contributed by atoms with Gasteiger partial charge in [0.2, 0.25) is 0 Å². The van der Waals surface area contributed by atoms with Crippen LogP contribution in [0.25, 0.3) is 0 Å². The lowest BCUT2D eigenvalue weighted by molar-refractivity contribution is -0.300. The zero-order valence-electron chi connectivity index (χ0n) is 11.0. The van der Waals surface area contributed by atoms with Gasteiger partial charge in [-0.05, 0) is 12.0 Å². The van der Waals surface area contributed by atoms with Gasteiger partial charge in [-0.3, -0.25) is 0 Å². The summed E-state index contributed by atoms with van der Waals surface area (Å²) < 4.78 is 10.6. The van der Waals surface area contributed by atoms with Crippen LogP contribution in [0.2, 0.25) is 0 Å². The maximum absolute atomic E-state index is 9.78. The number of aliphatic hydroxyl groups excluding tert-OH is 4. The lowest BCUT2D eigenvalue weighted by atomic mass is 9.99. The molecule has 0 aliphatic carbocycles. The van der Waals surface area contributed by atoms with Gasteiger partial charge in [0, 0.05) is 0 Å². The fraction of sp³-hybridized carbons (Fsp3) is 0.571. The van der Waals surface area contributed by atoms with Crippen molar-refractivity contribution in [3.63, 3.8) is 0 Å². The lowest BCUT2D eigenvalue weighted by Gasteiger charge is -2.39. The number of aliphatic hydroxyl groups is 4. The largest absolute Gasteiger partial charge is 0.394 e. The molecule has 0 aromatic heterocycles. The van der Waals surface area contributed by atoms with E-state index >= 15 is 0 Å². The first-order valence-corrected chi connectivity index (χ1v) is 6.59. The number of rotatable bonds is 5. The zero-order valence-corrected chi connectivity index (χ0v) is 11.0. The van der Waals surface area contributed by atoms with Crippen molar-refractivity contribution < 1.29 is 29.9 Å². The molecule has 112 valence electrons. The van der Waals surface area contributed by atoms with E-state index in [4.69, 9.17) is 14.6 Å². The van der Waals surface area contributed by atoms with Crippen LogP contribution < -0.4 is 0 Å². The van der Waals surface area contributed by atoms with Gasteiger partial charge < -0.3 is 29.9 Å². The minimum atomic E-state index is -1.40. The highest BCUT2D eigenvalue weighted by Crippen LogP contribution is 2.22. The summed E-state index contributed by atoms with van der Waals surface area (Å²) in [6.07, 6.45) is -5.46. The smallest absolute Gasteiger partial charge is 0.186 e. The predicted octanol–water partition coefficient (Wildman–Crippen LogP) is -0.954. The number of benzene rings is 1. The van der Waals surface area contributed by atoms with E-state index in [2.05, 4.69) is 0 Å². The second kappa shape index (κ2) is 7.12. The highest BCUT2D eigenvalue weighted by Gasteiger charge is 2.43. The molecule has 5 atom stereocenters. The molecule has 1 saturated heterocycles. The van der Waals surface area contributed by atoms with Crippen LogP contribution >= 0.6 is 0 Å². The molecule has 6 nitrogen and oxygen atoms in total. The SMILES string of the molecule is OC[C@H]1O[C@@H](OCCc2ccccc2)[C@H](O)[C@@H](O)[C@@H]1O. The Morgan fingerprint density at radius 2 is 1.70 bits per heavy atom. The van der Waals surface area contributed by atoms with Gasteiger partial charge in [0.15, 0.2) is 6.29 Å². The molecule has 1 aliphatic rings. The first kappa shape index (κ1) is 15.4. The molecule has 0 spiro atoms. The van der Waals surface area contributed by atoms with Gasteiger partial charge in [0.05, 0.1) is 13.2 Å². The third-order valence-corrected chi connectivity index (χ3v) is 3.36. The first-order valence-electron chi connectivity index (χ1n) is 6.59. The summed E-state index contributed by atoms with van der Waals surface area (Å²) >= 11 is 0. The fourth-order valence-electron chi connectivity index (χ4n) is 2.14. The van der Waals surface area contributed by atoms with Crippen molar-refractivity contribution in [2.45, 2.75) is 37.1 Å². The molecule has 20 heavy (non-hydrogen) atoms. The maximum Gasteiger partial charge on any atom is 0.186 e. The van der Waals surface area contributed by atoms with Gasteiger partial charge in [0.1, 0.15) is 24.4 Å². The molecule has 0 bridgehead atoms. The second-order valence-electron chi connectivity index (χ2n) is 4.80. The molecule has 0 radical (unpaired) electrons. The Morgan fingerprint density at radius 3 is 2.35 bits per heavy atom. The number of hydrogen-bond donors (Lipinski definition) is 4. The molecule has 1 aromatic rings. The average molecular weight is 284 g/mol. The summed E-state index contributed by atoms with van der Waals surface area (Å²) in [5, 5.41) is 38.1. The Balaban J connectivity index is 1.85. The van der Waals surface area contributed by atoms with Crippen LogP contribution in [0.3, 0.4) is 0 Å². The molecule has 0 amide bonds. The minimum absolute atomic E-state index is 0.298. The Labute approximate surface area is 117 Å². The molecule has 1 aliphatic heterocycles. The van der Waals surface area contributed by atoms with Crippen molar-refractivity contribution in [1.29, 1.82) is 0 Å². The monoisotopic (exact) mass is 284 g/mol. The number of ether oxygens (including phenoxy) is 2. The van der Waals surface area contributed by atoms with Gasteiger partial charge in [-0.2, -0.15) is 0 Å². The summed E-state index contributed by atoms with van der Waals surface area (Å²) in [6, 6.07) is 9.67. The van der Waals surface area contributed by atoms with Gasteiger partial charge >= 0.3 is 0 Å². The van der Waals surface area contributed by atoms with E-state index in [0.717, 1.165) is 5.56 Å². The van der Waals surface area contributed by atoms with Crippen molar-refractivity contribution in [3.05, 3.63) is 35.9 Å². The summed E-state index contributed by atoms with van der Waals surface area (Å²) in [6.45, 7) is -0.157. The number of hydrogen-bond acceptors (Lipinski definition) is 6. The molecular formula is C14H20O6. The molecule has 1 heterocycles. The maximum atomic E-state index is 9.78. The molecule has 2 rings (SSSR count). The predicted molar refractivity (Wildman–Crippen MR) is 69.9 cm³/mol. The van der Waals surface area contributed by atoms with Gasteiger partial charge in [0.25, 0.3) is 0 Å². The van der Waals surface area contributed by atoms with E-state index in [-0.39, 0.29) is 0 Å². The quantitative estimate of drug-likeness (QED) is 0.556. The third-order valence-electron chi connectivity index (χ3n) is 3.36.